The van der Waals surface area contributed by atoms with Gasteiger partial charge in [0.2, 0.25) is 10.0 Å². The van der Waals surface area contributed by atoms with Crippen molar-refractivity contribution in [2.75, 3.05) is 53.1 Å². The van der Waals surface area contributed by atoms with Gasteiger partial charge < -0.3 is 15.0 Å². The Morgan fingerprint density at radius 1 is 0.893 bits per heavy atom. The number of ether oxygens (including phenoxy) is 1. The van der Waals surface area contributed by atoms with Gasteiger partial charge in [-0.3, -0.25) is 9.10 Å². The lowest BCUT2D eigenvalue weighted by atomic mass is 10.1. The van der Waals surface area contributed by atoms with Gasteiger partial charge in [0.05, 0.1) is 24.7 Å². The average molecular weight is 401 g/mol. The lowest BCUT2D eigenvalue weighted by Crippen LogP contribution is -2.36. The number of amides is 1. The molecule has 2 aromatic carbocycles. The van der Waals surface area contributed by atoms with Crippen LogP contribution in [-0.4, -0.2) is 52.9 Å². The van der Waals surface area contributed by atoms with Crippen LogP contribution in [0.15, 0.2) is 48.5 Å². The van der Waals surface area contributed by atoms with Gasteiger partial charge in [-0.05, 0) is 55.0 Å². The fraction of sp³-hybridized carbons (Fsp3) is 0.350. The molecule has 2 heterocycles. The van der Waals surface area contributed by atoms with Gasteiger partial charge in [0.15, 0.2) is 0 Å². The molecule has 2 aliphatic heterocycles. The molecule has 2 saturated heterocycles. The van der Waals surface area contributed by atoms with E-state index in [0.29, 0.717) is 29.9 Å². The standard InChI is InChI=1S/C20H23N3O4S/c24-20(16-2-6-18(7-3-16)22-11-13-27-14-12-22)21-17-4-8-19(9-5-17)23-10-1-15-28(23,25)26/h2-9H,1,10-15H2,(H,21,24). The summed E-state index contributed by atoms with van der Waals surface area (Å²) in [6.45, 7) is 3.65. The zero-order valence-corrected chi connectivity index (χ0v) is 16.3. The van der Waals surface area contributed by atoms with Crippen LogP contribution in [0.1, 0.15) is 16.8 Å². The molecule has 2 aliphatic rings. The van der Waals surface area contributed by atoms with Crippen molar-refractivity contribution in [3.8, 4) is 0 Å². The van der Waals surface area contributed by atoms with E-state index in [1.165, 1.54) is 4.31 Å². The Kier molecular flexibility index (Phi) is 5.23. The molecular formula is C20H23N3O4S. The molecule has 28 heavy (non-hydrogen) atoms. The Morgan fingerprint density at radius 2 is 1.54 bits per heavy atom. The molecule has 0 aromatic heterocycles. The van der Waals surface area contributed by atoms with E-state index >= 15 is 0 Å². The average Bonchev–Trinajstić information content (AvgIpc) is 3.08. The number of nitrogens with one attached hydrogen (secondary N) is 1. The predicted octanol–water partition coefficient (Wildman–Crippen LogP) is 2.32. The van der Waals surface area contributed by atoms with E-state index < -0.39 is 10.0 Å². The second kappa shape index (κ2) is 7.81. The summed E-state index contributed by atoms with van der Waals surface area (Å²) in [4.78, 5) is 14.7. The number of nitrogens with zero attached hydrogens (tertiary/aromatic N) is 2. The van der Waals surface area contributed by atoms with Crippen LogP contribution in [0.2, 0.25) is 0 Å². The number of carbonyl (C=O) groups excluding carboxylic acids is 1. The molecule has 2 aromatic rings. The third kappa shape index (κ3) is 3.98. The highest BCUT2D eigenvalue weighted by Crippen LogP contribution is 2.25. The Hall–Kier alpha value is -2.58. The molecule has 1 N–H and O–H groups in total. The molecule has 2 fully saturated rings. The van der Waals surface area contributed by atoms with Crippen LogP contribution in [0.4, 0.5) is 17.1 Å². The lowest BCUT2D eigenvalue weighted by molar-refractivity contribution is 0.102. The zero-order chi connectivity index (χ0) is 19.6. The molecule has 1 amide bonds. The Labute approximate surface area is 165 Å². The van der Waals surface area contributed by atoms with Crippen molar-refractivity contribution < 1.29 is 17.9 Å². The first-order valence-electron chi connectivity index (χ1n) is 9.37. The lowest BCUT2D eigenvalue weighted by Gasteiger charge is -2.28. The largest absolute Gasteiger partial charge is 0.378 e. The van der Waals surface area contributed by atoms with Crippen LogP contribution < -0.4 is 14.5 Å². The first-order valence-corrected chi connectivity index (χ1v) is 11.0. The number of anilines is 3. The molecule has 0 aliphatic carbocycles. The highest BCUT2D eigenvalue weighted by atomic mass is 32.2. The maximum atomic E-state index is 12.5. The summed E-state index contributed by atoms with van der Waals surface area (Å²) < 4.78 is 30.8. The zero-order valence-electron chi connectivity index (χ0n) is 15.5. The number of sulfonamides is 1. The molecule has 0 spiro atoms. The van der Waals surface area contributed by atoms with Gasteiger partial charge in [-0.25, -0.2) is 8.42 Å². The van der Waals surface area contributed by atoms with Crippen LogP contribution in [-0.2, 0) is 14.8 Å². The smallest absolute Gasteiger partial charge is 0.255 e. The minimum Gasteiger partial charge on any atom is -0.378 e. The van der Waals surface area contributed by atoms with Crippen LogP contribution >= 0.6 is 0 Å². The van der Waals surface area contributed by atoms with E-state index in [4.69, 9.17) is 4.74 Å². The van der Waals surface area contributed by atoms with Crippen LogP contribution in [0, 0.1) is 0 Å². The van der Waals surface area contributed by atoms with Crippen molar-refractivity contribution in [3.63, 3.8) is 0 Å². The first-order chi connectivity index (χ1) is 13.5. The maximum absolute atomic E-state index is 12.5. The fourth-order valence-corrected chi connectivity index (χ4v) is 5.05. The maximum Gasteiger partial charge on any atom is 0.255 e. The fourth-order valence-electron chi connectivity index (χ4n) is 3.49. The molecular weight excluding hydrogens is 378 g/mol. The molecule has 0 bridgehead atoms. The van der Waals surface area contributed by atoms with Gasteiger partial charge in [0.25, 0.3) is 5.91 Å². The molecule has 148 valence electrons. The molecule has 8 heteroatoms. The number of rotatable bonds is 4. The summed E-state index contributed by atoms with van der Waals surface area (Å²) in [6.07, 6.45) is 0.640. The van der Waals surface area contributed by atoms with Gasteiger partial charge in [0.1, 0.15) is 0 Å². The highest BCUT2D eigenvalue weighted by Gasteiger charge is 2.28. The molecule has 0 unspecified atom stereocenters. The summed E-state index contributed by atoms with van der Waals surface area (Å²) >= 11 is 0. The van der Waals surface area contributed by atoms with E-state index in [2.05, 4.69) is 10.2 Å². The summed E-state index contributed by atoms with van der Waals surface area (Å²) in [5, 5.41) is 2.86. The highest BCUT2D eigenvalue weighted by molar-refractivity contribution is 7.93. The van der Waals surface area contributed by atoms with E-state index in [-0.39, 0.29) is 11.7 Å². The van der Waals surface area contributed by atoms with Crippen molar-refractivity contribution in [3.05, 3.63) is 54.1 Å². The molecule has 7 nitrogen and oxygen atoms in total. The summed E-state index contributed by atoms with van der Waals surface area (Å²) in [7, 11) is -3.20. The van der Waals surface area contributed by atoms with Crippen molar-refractivity contribution in [1.82, 2.24) is 0 Å². The van der Waals surface area contributed by atoms with Crippen molar-refractivity contribution in [2.24, 2.45) is 0 Å². The van der Waals surface area contributed by atoms with Gasteiger partial charge in [-0.1, -0.05) is 0 Å². The number of hydrogen-bond acceptors (Lipinski definition) is 5. The van der Waals surface area contributed by atoms with Crippen LogP contribution in [0.3, 0.4) is 0 Å². The van der Waals surface area contributed by atoms with Crippen molar-refractivity contribution >= 4 is 33.0 Å². The second-order valence-corrected chi connectivity index (χ2v) is 8.90. The SMILES string of the molecule is O=C(Nc1ccc(N2CCCS2(=O)=O)cc1)c1ccc(N2CCOCC2)cc1. The second-order valence-electron chi connectivity index (χ2n) is 6.89. The third-order valence-corrected chi connectivity index (χ3v) is 6.89. The van der Waals surface area contributed by atoms with Crippen molar-refractivity contribution in [1.29, 1.82) is 0 Å². The van der Waals surface area contributed by atoms with E-state index in [0.717, 1.165) is 32.0 Å². The van der Waals surface area contributed by atoms with Gasteiger partial charge in [-0.2, -0.15) is 0 Å². The Morgan fingerprint density at radius 3 is 2.14 bits per heavy atom. The minimum absolute atomic E-state index is 0.186. The monoisotopic (exact) mass is 401 g/mol. The van der Waals surface area contributed by atoms with Gasteiger partial charge in [0, 0.05) is 36.6 Å². The quantitative estimate of drug-likeness (QED) is 0.851. The summed E-state index contributed by atoms with van der Waals surface area (Å²) in [5.41, 5.74) is 2.91. The Bertz CT molecular complexity index is 936. The number of benzene rings is 2. The molecule has 0 saturated carbocycles. The predicted molar refractivity (Wildman–Crippen MR) is 110 cm³/mol. The number of carbonyl (C=O) groups is 1. The molecule has 4 rings (SSSR count). The summed E-state index contributed by atoms with van der Waals surface area (Å²) in [6, 6.07) is 14.4. The first kappa shape index (κ1) is 18.8. The van der Waals surface area contributed by atoms with Gasteiger partial charge >= 0.3 is 0 Å². The van der Waals surface area contributed by atoms with Crippen molar-refractivity contribution in [2.45, 2.75) is 6.42 Å². The number of morpholine rings is 1. The summed E-state index contributed by atoms with van der Waals surface area (Å²) in [5.74, 6) is -0.0126. The number of hydrogen-bond donors (Lipinski definition) is 1. The molecule has 0 radical (unpaired) electrons. The Balaban J connectivity index is 1.40. The third-order valence-electron chi connectivity index (χ3n) is 5.02. The topological polar surface area (TPSA) is 79.0 Å². The van der Waals surface area contributed by atoms with E-state index in [9.17, 15) is 13.2 Å². The van der Waals surface area contributed by atoms with Gasteiger partial charge in [-0.15, -0.1) is 0 Å². The normalized spacial score (nSPS) is 18.9. The van der Waals surface area contributed by atoms with E-state index in [1.54, 1.807) is 24.3 Å². The molecule has 0 atom stereocenters. The van der Waals surface area contributed by atoms with E-state index in [1.807, 2.05) is 24.3 Å². The minimum atomic E-state index is -3.20. The van der Waals surface area contributed by atoms with Crippen LogP contribution in [0.25, 0.3) is 0 Å². The van der Waals surface area contributed by atoms with Crippen LogP contribution in [0.5, 0.6) is 0 Å².